The van der Waals surface area contributed by atoms with E-state index in [4.69, 9.17) is 15.6 Å². The third-order valence-electron chi connectivity index (χ3n) is 3.30. The van der Waals surface area contributed by atoms with E-state index in [2.05, 4.69) is 5.32 Å². The molecule has 0 saturated heterocycles. The van der Waals surface area contributed by atoms with Crippen molar-refractivity contribution in [1.29, 1.82) is 0 Å². The van der Waals surface area contributed by atoms with Gasteiger partial charge in [-0.3, -0.25) is 10.1 Å². The highest BCUT2D eigenvalue weighted by molar-refractivity contribution is 5.79. The minimum atomic E-state index is -0.765. The normalized spacial score (nSPS) is 11.9. The van der Waals surface area contributed by atoms with Crippen LogP contribution >= 0.6 is 0 Å². The van der Waals surface area contributed by atoms with Gasteiger partial charge in [-0.05, 0) is 35.4 Å². The first-order valence-electron chi connectivity index (χ1n) is 7.18. The number of carbonyl (C=O) groups is 1. The van der Waals surface area contributed by atoms with Crippen LogP contribution in [-0.2, 0) is 17.9 Å². The van der Waals surface area contributed by atoms with Crippen LogP contribution in [-0.4, -0.2) is 23.7 Å². The number of halogens is 1. The highest BCUT2D eigenvalue weighted by Crippen LogP contribution is 2.14. The van der Waals surface area contributed by atoms with Gasteiger partial charge in [-0.2, -0.15) is 0 Å². The SMILES string of the molecule is NC(=O)[C@H](CO)NCc1ccc(OCc2cccc(F)c2)cc1. The molecule has 1 amide bonds. The Bertz CT molecular complexity index is 647. The van der Waals surface area contributed by atoms with Crippen molar-refractivity contribution in [2.45, 2.75) is 19.2 Å². The van der Waals surface area contributed by atoms with E-state index in [0.717, 1.165) is 11.1 Å². The fourth-order valence-electron chi connectivity index (χ4n) is 1.99. The van der Waals surface area contributed by atoms with E-state index in [1.54, 1.807) is 24.3 Å². The molecule has 0 spiro atoms. The second-order valence-corrected chi connectivity index (χ2v) is 5.08. The maximum absolute atomic E-state index is 13.1. The Morgan fingerprint density at radius 2 is 1.96 bits per heavy atom. The second-order valence-electron chi connectivity index (χ2n) is 5.08. The number of benzene rings is 2. The van der Waals surface area contributed by atoms with Gasteiger partial charge in [0, 0.05) is 6.54 Å². The van der Waals surface area contributed by atoms with Gasteiger partial charge in [-0.15, -0.1) is 0 Å². The molecule has 6 heteroatoms. The van der Waals surface area contributed by atoms with Crippen LogP contribution in [0.4, 0.5) is 4.39 Å². The van der Waals surface area contributed by atoms with Crippen molar-refractivity contribution in [3.63, 3.8) is 0 Å². The van der Waals surface area contributed by atoms with Crippen molar-refractivity contribution in [2.75, 3.05) is 6.61 Å². The molecule has 0 saturated carbocycles. The summed E-state index contributed by atoms with van der Waals surface area (Å²) in [6.07, 6.45) is 0. The summed E-state index contributed by atoms with van der Waals surface area (Å²) in [5.74, 6) is -0.227. The minimum Gasteiger partial charge on any atom is -0.489 e. The van der Waals surface area contributed by atoms with Crippen LogP contribution in [0.25, 0.3) is 0 Å². The summed E-state index contributed by atoms with van der Waals surface area (Å²) in [5, 5.41) is 11.9. The number of nitrogens with two attached hydrogens (primary N) is 1. The number of primary amides is 1. The number of aliphatic hydroxyl groups is 1. The van der Waals surface area contributed by atoms with E-state index in [0.29, 0.717) is 12.3 Å². The Labute approximate surface area is 133 Å². The van der Waals surface area contributed by atoms with Crippen molar-refractivity contribution in [2.24, 2.45) is 5.73 Å². The van der Waals surface area contributed by atoms with Gasteiger partial charge in [0.2, 0.25) is 5.91 Å². The standard InChI is InChI=1S/C17H19FN2O3/c18-14-3-1-2-13(8-14)11-23-15-6-4-12(5-7-15)9-20-16(10-21)17(19)22/h1-8,16,20-21H,9-11H2,(H2,19,22)/t16-/m0/s1. The molecule has 0 aliphatic heterocycles. The summed E-state index contributed by atoms with van der Waals surface area (Å²) in [4.78, 5) is 11.0. The zero-order chi connectivity index (χ0) is 16.7. The molecule has 122 valence electrons. The number of amides is 1. The zero-order valence-electron chi connectivity index (χ0n) is 12.5. The number of rotatable bonds is 8. The van der Waals surface area contributed by atoms with Crippen LogP contribution in [0.3, 0.4) is 0 Å². The smallest absolute Gasteiger partial charge is 0.236 e. The largest absolute Gasteiger partial charge is 0.489 e. The van der Waals surface area contributed by atoms with Crippen LogP contribution in [0.15, 0.2) is 48.5 Å². The van der Waals surface area contributed by atoms with E-state index in [-0.39, 0.29) is 19.0 Å². The van der Waals surface area contributed by atoms with Crippen LogP contribution in [0.1, 0.15) is 11.1 Å². The molecule has 0 aromatic heterocycles. The quantitative estimate of drug-likeness (QED) is 0.686. The van der Waals surface area contributed by atoms with Gasteiger partial charge in [0.05, 0.1) is 6.61 Å². The van der Waals surface area contributed by atoms with Crippen molar-refractivity contribution in [3.05, 3.63) is 65.5 Å². The van der Waals surface area contributed by atoms with Gasteiger partial charge in [0.25, 0.3) is 0 Å². The number of ether oxygens (including phenoxy) is 1. The van der Waals surface area contributed by atoms with Gasteiger partial charge in [-0.1, -0.05) is 24.3 Å². The molecule has 2 aromatic rings. The number of nitrogens with one attached hydrogen (secondary N) is 1. The first-order valence-corrected chi connectivity index (χ1v) is 7.18. The predicted octanol–water partition coefficient (Wildman–Crippen LogP) is 1.34. The third kappa shape index (κ3) is 5.36. The molecule has 5 nitrogen and oxygen atoms in total. The Morgan fingerprint density at radius 3 is 2.57 bits per heavy atom. The summed E-state index contributed by atoms with van der Waals surface area (Å²) in [6, 6.07) is 12.7. The van der Waals surface area contributed by atoms with Crippen molar-refractivity contribution < 1.29 is 19.0 Å². The highest BCUT2D eigenvalue weighted by atomic mass is 19.1. The fraction of sp³-hybridized carbons (Fsp3) is 0.235. The average Bonchev–Trinajstić information content (AvgIpc) is 2.54. The van der Waals surface area contributed by atoms with E-state index in [1.165, 1.54) is 12.1 Å². The van der Waals surface area contributed by atoms with Gasteiger partial charge >= 0.3 is 0 Å². The highest BCUT2D eigenvalue weighted by Gasteiger charge is 2.12. The molecule has 0 heterocycles. The third-order valence-corrected chi connectivity index (χ3v) is 3.30. The first kappa shape index (κ1) is 16.9. The Hall–Kier alpha value is -2.44. The predicted molar refractivity (Wildman–Crippen MR) is 84.1 cm³/mol. The topological polar surface area (TPSA) is 84.6 Å². The first-order chi connectivity index (χ1) is 11.1. The number of hydrogen-bond donors (Lipinski definition) is 3. The molecule has 2 aromatic carbocycles. The van der Waals surface area contributed by atoms with Gasteiger partial charge in [0.1, 0.15) is 24.2 Å². The average molecular weight is 318 g/mol. The maximum atomic E-state index is 13.1. The molecule has 2 rings (SSSR count). The van der Waals surface area contributed by atoms with Crippen LogP contribution in [0.5, 0.6) is 5.75 Å². The second kappa shape index (κ2) is 8.26. The molecule has 0 bridgehead atoms. The summed E-state index contributed by atoms with van der Waals surface area (Å²) >= 11 is 0. The fourth-order valence-corrected chi connectivity index (χ4v) is 1.99. The molecule has 0 radical (unpaired) electrons. The Kier molecular flexibility index (Phi) is 6.08. The lowest BCUT2D eigenvalue weighted by Gasteiger charge is -2.13. The van der Waals surface area contributed by atoms with E-state index in [1.807, 2.05) is 12.1 Å². The lowest BCUT2D eigenvalue weighted by molar-refractivity contribution is -0.120. The van der Waals surface area contributed by atoms with Crippen LogP contribution in [0.2, 0.25) is 0 Å². The number of hydrogen-bond acceptors (Lipinski definition) is 4. The summed E-state index contributed by atoms with van der Waals surface area (Å²) in [5.41, 5.74) is 6.80. The zero-order valence-corrected chi connectivity index (χ0v) is 12.5. The molecule has 23 heavy (non-hydrogen) atoms. The lowest BCUT2D eigenvalue weighted by Crippen LogP contribution is -2.43. The summed E-state index contributed by atoms with van der Waals surface area (Å²) < 4.78 is 18.7. The van der Waals surface area contributed by atoms with Gasteiger partial charge in [0.15, 0.2) is 0 Å². The number of aliphatic hydroxyl groups excluding tert-OH is 1. The molecule has 0 aliphatic carbocycles. The Balaban J connectivity index is 1.85. The van der Waals surface area contributed by atoms with Crippen molar-refractivity contribution in [3.8, 4) is 5.75 Å². The van der Waals surface area contributed by atoms with Crippen molar-refractivity contribution in [1.82, 2.24) is 5.32 Å². The van der Waals surface area contributed by atoms with E-state index >= 15 is 0 Å². The minimum absolute atomic E-state index is 0.281. The molecular formula is C17H19FN2O3. The molecular weight excluding hydrogens is 299 g/mol. The number of carbonyl (C=O) groups excluding carboxylic acids is 1. The molecule has 0 aliphatic rings. The Morgan fingerprint density at radius 1 is 1.22 bits per heavy atom. The monoisotopic (exact) mass is 318 g/mol. The maximum Gasteiger partial charge on any atom is 0.236 e. The van der Waals surface area contributed by atoms with Crippen LogP contribution in [0, 0.1) is 5.82 Å². The summed E-state index contributed by atoms with van der Waals surface area (Å²) in [6.45, 7) is 0.339. The van der Waals surface area contributed by atoms with Gasteiger partial charge in [-0.25, -0.2) is 4.39 Å². The summed E-state index contributed by atoms with van der Waals surface area (Å²) in [7, 11) is 0. The van der Waals surface area contributed by atoms with Gasteiger partial charge < -0.3 is 15.6 Å². The van der Waals surface area contributed by atoms with Crippen molar-refractivity contribution >= 4 is 5.91 Å². The van der Waals surface area contributed by atoms with E-state index < -0.39 is 11.9 Å². The molecule has 4 N–H and O–H groups in total. The van der Waals surface area contributed by atoms with Crippen LogP contribution < -0.4 is 15.8 Å². The van der Waals surface area contributed by atoms with E-state index in [9.17, 15) is 9.18 Å². The molecule has 1 atom stereocenters. The molecule has 0 fully saturated rings. The lowest BCUT2D eigenvalue weighted by atomic mass is 10.2. The molecule has 0 unspecified atom stereocenters.